The first-order chi connectivity index (χ1) is 14.9. The molecule has 0 bridgehead atoms. The number of nitro benzene ring substituents is 1. The van der Waals surface area contributed by atoms with E-state index in [9.17, 15) is 24.5 Å². The van der Waals surface area contributed by atoms with Gasteiger partial charge in [-0.25, -0.2) is 5.01 Å². The molecule has 0 unspecified atom stereocenters. The van der Waals surface area contributed by atoms with Gasteiger partial charge in [0.05, 0.1) is 23.3 Å². The molecule has 1 saturated heterocycles. The first-order valence-corrected chi connectivity index (χ1v) is 10.0. The number of fused-ring (bicyclic) bond motifs is 1. The first kappa shape index (κ1) is 20.5. The number of nitro groups is 1. The van der Waals surface area contributed by atoms with Crippen LogP contribution in [0.3, 0.4) is 0 Å². The Hall–Kier alpha value is -3.81. The third-order valence-electron chi connectivity index (χ3n) is 5.83. The number of amides is 3. The highest BCUT2D eigenvalue weighted by Gasteiger charge is 2.53. The third-order valence-corrected chi connectivity index (χ3v) is 5.83. The van der Waals surface area contributed by atoms with Gasteiger partial charge in [-0.3, -0.25) is 24.5 Å². The summed E-state index contributed by atoms with van der Waals surface area (Å²) in [6.45, 7) is 1.80. The van der Waals surface area contributed by atoms with Crippen LogP contribution in [0.25, 0.3) is 0 Å². The number of hydrogen-bond acceptors (Lipinski definition) is 5. The van der Waals surface area contributed by atoms with Crippen molar-refractivity contribution in [2.24, 2.45) is 17.8 Å². The zero-order chi connectivity index (χ0) is 22.1. The molecule has 3 amide bonds. The fourth-order valence-corrected chi connectivity index (χ4v) is 4.31. The molecule has 0 spiro atoms. The lowest BCUT2D eigenvalue weighted by Crippen LogP contribution is -2.50. The molecule has 31 heavy (non-hydrogen) atoms. The average molecular weight is 419 g/mol. The van der Waals surface area contributed by atoms with Gasteiger partial charge in [0.15, 0.2) is 0 Å². The molecule has 2 aromatic rings. The van der Waals surface area contributed by atoms with Gasteiger partial charge in [-0.05, 0) is 24.0 Å². The number of carbonyl (C=O) groups excluding carboxylic acids is 3. The maximum atomic E-state index is 13.5. The molecule has 0 saturated carbocycles. The van der Waals surface area contributed by atoms with Gasteiger partial charge in [0, 0.05) is 6.07 Å². The van der Waals surface area contributed by atoms with Crippen molar-refractivity contribution in [1.82, 2.24) is 10.0 Å². The Morgan fingerprint density at radius 2 is 1.77 bits per heavy atom. The lowest BCUT2D eigenvalue weighted by Gasteiger charge is -2.30. The maximum Gasteiger partial charge on any atom is 0.282 e. The predicted octanol–water partition coefficient (Wildman–Crippen LogP) is 3.35. The Kier molecular flexibility index (Phi) is 5.37. The second-order valence-corrected chi connectivity index (χ2v) is 7.77. The number of carbonyl (C=O) groups is 3. The molecular weight excluding hydrogens is 398 g/mol. The van der Waals surface area contributed by atoms with Crippen LogP contribution in [0.5, 0.6) is 0 Å². The largest absolute Gasteiger partial charge is 0.282 e. The molecular formula is C23H21N3O5. The van der Waals surface area contributed by atoms with Crippen LogP contribution in [0, 0.1) is 27.9 Å². The highest BCUT2D eigenvalue weighted by atomic mass is 16.6. The number of rotatable bonds is 5. The summed E-state index contributed by atoms with van der Waals surface area (Å²) < 4.78 is 0. The van der Waals surface area contributed by atoms with Crippen LogP contribution in [-0.2, 0) is 16.1 Å². The van der Waals surface area contributed by atoms with E-state index in [1.54, 1.807) is 24.3 Å². The maximum absolute atomic E-state index is 13.5. The SMILES string of the molecule is C[C@@H]1C=CC[C@@H]2C(=O)N(N(Cc3ccccc3)C(=O)c3ccccc3[N+](=O)[O-])C(=O)[C@H]12. The fraction of sp³-hybridized carbons (Fsp3) is 0.261. The van der Waals surface area contributed by atoms with Crippen molar-refractivity contribution in [3.8, 4) is 0 Å². The Bertz CT molecular complexity index is 1080. The van der Waals surface area contributed by atoms with Crippen LogP contribution < -0.4 is 0 Å². The van der Waals surface area contributed by atoms with Crippen molar-refractivity contribution < 1.29 is 19.3 Å². The summed E-state index contributed by atoms with van der Waals surface area (Å²) in [6.07, 6.45) is 4.21. The van der Waals surface area contributed by atoms with E-state index in [-0.39, 0.29) is 23.7 Å². The third kappa shape index (κ3) is 3.61. The summed E-state index contributed by atoms with van der Waals surface area (Å²) in [5.41, 5.74) is 0.137. The molecule has 4 rings (SSSR count). The minimum Gasteiger partial charge on any atom is -0.272 e. The van der Waals surface area contributed by atoms with E-state index < -0.39 is 34.5 Å². The monoisotopic (exact) mass is 419 g/mol. The molecule has 1 heterocycles. The van der Waals surface area contributed by atoms with Gasteiger partial charge in [0.1, 0.15) is 5.56 Å². The van der Waals surface area contributed by atoms with E-state index in [2.05, 4.69) is 0 Å². The van der Waals surface area contributed by atoms with E-state index >= 15 is 0 Å². The van der Waals surface area contributed by atoms with Crippen LogP contribution in [0.1, 0.15) is 29.3 Å². The van der Waals surface area contributed by atoms with Crippen molar-refractivity contribution in [1.29, 1.82) is 0 Å². The van der Waals surface area contributed by atoms with Gasteiger partial charge < -0.3 is 0 Å². The van der Waals surface area contributed by atoms with E-state index in [1.165, 1.54) is 24.3 Å². The molecule has 8 heteroatoms. The van der Waals surface area contributed by atoms with E-state index in [0.29, 0.717) is 12.0 Å². The normalized spacial score (nSPS) is 22.4. The topological polar surface area (TPSA) is 101 Å². The van der Waals surface area contributed by atoms with E-state index in [4.69, 9.17) is 0 Å². The molecule has 1 aliphatic carbocycles. The lowest BCUT2D eigenvalue weighted by atomic mass is 9.78. The molecule has 2 aromatic carbocycles. The first-order valence-electron chi connectivity index (χ1n) is 10.0. The second kappa shape index (κ2) is 8.14. The zero-order valence-electron chi connectivity index (χ0n) is 16.9. The van der Waals surface area contributed by atoms with E-state index in [0.717, 1.165) is 10.0 Å². The van der Waals surface area contributed by atoms with Gasteiger partial charge >= 0.3 is 0 Å². The standard InChI is InChI=1S/C23H21N3O5/c1-15-8-7-12-18-20(15)23(29)25(22(18)28)24(14-16-9-3-2-4-10-16)21(27)17-11-5-6-13-19(17)26(30)31/h2-11,13,15,18,20H,12,14H2,1H3/t15-,18+,20-/m1/s1. The van der Waals surface area contributed by atoms with Crippen LogP contribution in [0.15, 0.2) is 66.7 Å². The van der Waals surface area contributed by atoms with Gasteiger partial charge in [0.25, 0.3) is 23.4 Å². The number of hydrazine groups is 1. The van der Waals surface area contributed by atoms with Gasteiger partial charge in [0.2, 0.25) is 0 Å². The number of nitrogens with zero attached hydrogens (tertiary/aromatic N) is 3. The Morgan fingerprint density at radius 1 is 1.10 bits per heavy atom. The van der Waals surface area contributed by atoms with Crippen molar-refractivity contribution in [3.63, 3.8) is 0 Å². The molecule has 0 aromatic heterocycles. The molecule has 158 valence electrons. The molecule has 1 fully saturated rings. The van der Waals surface area contributed by atoms with Crippen LogP contribution in [-0.4, -0.2) is 32.7 Å². The number of hydrogen-bond donors (Lipinski definition) is 0. The second-order valence-electron chi connectivity index (χ2n) is 7.77. The lowest BCUT2D eigenvalue weighted by molar-refractivity contribution is -0.385. The highest BCUT2D eigenvalue weighted by Crippen LogP contribution is 2.39. The Morgan fingerprint density at radius 3 is 2.45 bits per heavy atom. The Balaban J connectivity index is 1.77. The van der Waals surface area contributed by atoms with Crippen molar-refractivity contribution in [3.05, 3.63) is 88.0 Å². The quantitative estimate of drug-likeness (QED) is 0.320. The smallest absolute Gasteiger partial charge is 0.272 e. The Labute approximate surface area is 178 Å². The molecule has 0 N–H and O–H groups in total. The summed E-state index contributed by atoms with van der Waals surface area (Å²) in [7, 11) is 0. The summed E-state index contributed by atoms with van der Waals surface area (Å²) in [6, 6.07) is 14.4. The predicted molar refractivity (Wildman–Crippen MR) is 111 cm³/mol. The number of imide groups is 1. The highest BCUT2D eigenvalue weighted by molar-refractivity contribution is 6.08. The minimum atomic E-state index is -0.767. The minimum absolute atomic E-state index is 0.0650. The molecule has 8 nitrogen and oxygen atoms in total. The summed E-state index contributed by atoms with van der Waals surface area (Å²) in [5, 5.41) is 13.4. The molecule has 2 aliphatic rings. The van der Waals surface area contributed by atoms with Crippen molar-refractivity contribution in [2.75, 3.05) is 0 Å². The van der Waals surface area contributed by atoms with E-state index in [1.807, 2.05) is 25.1 Å². The number of allylic oxidation sites excluding steroid dienone is 2. The van der Waals surface area contributed by atoms with Crippen LogP contribution in [0.4, 0.5) is 5.69 Å². The van der Waals surface area contributed by atoms with Gasteiger partial charge in [-0.2, -0.15) is 5.01 Å². The number of benzene rings is 2. The van der Waals surface area contributed by atoms with Crippen LogP contribution in [0.2, 0.25) is 0 Å². The molecule has 0 radical (unpaired) electrons. The van der Waals surface area contributed by atoms with Crippen molar-refractivity contribution >= 4 is 23.4 Å². The van der Waals surface area contributed by atoms with Crippen molar-refractivity contribution in [2.45, 2.75) is 19.9 Å². The van der Waals surface area contributed by atoms with Crippen LogP contribution >= 0.6 is 0 Å². The van der Waals surface area contributed by atoms with Gasteiger partial charge in [-0.1, -0.05) is 61.5 Å². The molecule has 1 aliphatic heterocycles. The summed E-state index contributed by atoms with van der Waals surface area (Å²) >= 11 is 0. The average Bonchev–Trinajstić information content (AvgIpc) is 3.03. The molecule has 3 atom stereocenters. The number of para-hydroxylation sites is 1. The van der Waals surface area contributed by atoms with Gasteiger partial charge in [-0.15, -0.1) is 0 Å². The summed E-state index contributed by atoms with van der Waals surface area (Å²) in [5.74, 6) is -2.89. The zero-order valence-corrected chi connectivity index (χ0v) is 16.9. The summed E-state index contributed by atoms with van der Waals surface area (Å²) in [4.78, 5) is 50.9. The fourth-order valence-electron chi connectivity index (χ4n) is 4.31.